The molecule has 1 aliphatic rings. The van der Waals surface area contributed by atoms with Gasteiger partial charge in [-0.05, 0) is 11.6 Å². The van der Waals surface area contributed by atoms with Crippen LogP contribution in [0.4, 0.5) is 0 Å². The van der Waals surface area contributed by atoms with E-state index in [0.29, 0.717) is 6.61 Å². The molecule has 0 saturated carbocycles. The highest BCUT2D eigenvalue weighted by Crippen LogP contribution is 2.01. The molecule has 2 heterocycles. The van der Waals surface area contributed by atoms with Gasteiger partial charge in [0.15, 0.2) is 0 Å². The van der Waals surface area contributed by atoms with Crippen LogP contribution in [0.25, 0.3) is 0 Å². The average Bonchev–Trinajstić information content (AvgIpc) is 2.66. The van der Waals surface area contributed by atoms with Crippen LogP contribution in [0.15, 0.2) is 18.5 Å². The summed E-state index contributed by atoms with van der Waals surface area (Å²) in [6, 6.07) is 2.12. The fourth-order valence-electron chi connectivity index (χ4n) is 1.70. The highest BCUT2D eigenvalue weighted by atomic mass is 16.6. The molecule has 1 aromatic rings. The maximum atomic E-state index is 5.53. The van der Waals surface area contributed by atoms with Crippen LogP contribution in [0, 0.1) is 0 Å². The third-order valence-corrected chi connectivity index (χ3v) is 2.48. The Hall–Kier alpha value is -0.840. The molecule has 1 fully saturated rings. The smallest absolute Gasteiger partial charge is 0.0933 e. The van der Waals surface area contributed by atoms with E-state index in [9.17, 15) is 0 Å². The zero-order valence-electron chi connectivity index (χ0n) is 9.11. The summed E-state index contributed by atoms with van der Waals surface area (Å²) in [4.78, 5) is 0. The Labute approximate surface area is 90.2 Å². The number of nitrogens with one attached hydrogen (secondary N) is 1. The third kappa shape index (κ3) is 3.34. The Morgan fingerprint density at radius 1 is 1.53 bits per heavy atom. The standard InChI is InChI=1S/C11H18N2O2/c1-13-3-2-10(8-13)6-12-7-11-9-14-4-5-15-11/h2-3,8,11-12H,4-7,9H2,1H3. The number of aromatic nitrogens is 1. The minimum Gasteiger partial charge on any atom is -0.376 e. The number of ether oxygens (including phenoxy) is 2. The van der Waals surface area contributed by atoms with Gasteiger partial charge in [-0.1, -0.05) is 0 Å². The fourth-order valence-corrected chi connectivity index (χ4v) is 1.70. The van der Waals surface area contributed by atoms with Gasteiger partial charge in [-0.3, -0.25) is 0 Å². The number of aryl methyl sites for hydroxylation is 1. The topological polar surface area (TPSA) is 35.4 Å². The van der Waals surface area contributed by atoms with E-state index in [0.717, 1.165) is 26.3 Å². The molecule has 4 nitrogen and oxygen atoms in total. The predicted molar refractivity (Wildman–Crippen MR) is 57.7 cm³/mol. The van der Waals surface area contributed by atoms with Gasteiger partial charge in [0.25, 0.3) is 0 Å². The molecule has 1 N–H and O–H groups in total. The number of hydrogen-bond donors (Lipinski definition) is 1. The van der Waals surface area contributed by atoms with Crippen molar-refractivity contribution in [2.75, 3.05) is 26.4 Å². The van der Waals surface area contributed by atoms with Gasteiger partial charge in [-0.2, -0.15) is 0 Å². The Kier molecular flexibility index (Phi) is 3.77. The number of nitrogens with zero attached hydrogens (tertiary/aromatic N) is 1. The summed E-state index contributed by atoms with van der Waals surface area (Å²) in [5, 5.41) is 3.37. The van der Waals surface area contributed by atoms with Gasteiger partial charge in [0.1, 0.15) is 0 Å². The van der Waals surface area contributed by atoms with Crippen molar-refractivity contribution in [3.8, 4) is 0 Å². The zero-order valence-corrected chi connectivity index (χ0v) is 9.11. The molecular weight excluding hydrogens is 192 g/mol. The molecule has 0 radical (unpaired) electrons. The van der Waals surface area contributed by atoms with Crippen LogP contribution in [0.3, 0.4) is 0 Å². The predicted octanol–water partition coefficient (Wildman–Crippen LogP) is 0.530. The molecule has 1 aromatic heterocycles. The lowest BCUT2D eigenvalue weighted by atomic mass is 10.3. The van der Waals surface area contributed by atoms with Crippen LogP contribution in [0.2, 0.25) is 0 Å². The van der Waals surface area contributed by atoms with Crippen LogP contribution in [-0.2, 0) is 23.1 Å². The molecule has 4 heteroatoms. The first-order chi connectivity index (χ1) is 7.34. The number of rotatable bonds is 4. The molecule has 1 atom stereocenters. The molecule has 0 bridgehead atoms. The molecule has 0 aromatic carbocycles. The molecular formula is C11H18N2O2. The van der Waals surface area contributed by atoms with Gasteiger partial charge >= 0.3 is 0 Å². The second kappa shape index (κ2) is 5.30. The van der Waals surface area contributed by atoms with E-state index in [-0.39, 0.29) is 6.10 Å². The first-order valence-corrected chi connectivity index (χ1v) is 5.35. The van der Waals surface area contributed by atoms with Crippen LogP contribution in [0.1, 0.15) is 5.56 Å². The van der Waals surface area contributed by atoms with Crippen molar-refractivity contribution < 1.29 is 9.47 Å². The van der Waals surface area contributed by atoms with Gasteiger partial charge in [0.2, 0.25) is 0 Å². The van der Waals surface area contributed by atoms with Crippen molar-refractivity contribution in [1.29, 1.82) is 0 Å². The third-order valence-electron chi connectivity index (χ3n) is 2.48. The Bertz CT molecular complexity index is 293. The van der Waals surface area contributed by atoms with E-state index < -0.39 is 0 Å². The molecule has 1 unspecified atom stereocenters. The first kappa shape index (κ1) is 10.7. The Morgan fingerprint density at radius 3 is 3.13 bits per heavy atom. The Balaban J connectivity index is 1.65. The second-order valence-electron chi connectivity index (χ2n) is 3.88. The quantitative estimate of drug-likeness (QED) is 0.787. The number of hydrogen-bond acceptors (Lipinski definition) is 3. The van der Waals surface area contributed by atoms with E-state index in [1.54, 1.807) is 0 Å². The molecule has 1 aliphatic heterocycles. The molecule has 15 heavy (non-hydrogen) atoms. The van der Waals surface area contributed by atoms with Crippen LogP contribution >= 0.6 is 0 Å². The van der Waals surface area contributed by atoms with E-state index in [2.05, 4.69) is 28.3 Å². The van der Waals surface area contributed by atoms with Crippen molar-refractivity contribution in [3.63, 3.8) is 0 Å². The minimum atomic E-state index is 0.211. The normalized spacial score (nSPS) is 21.8. The summed E-state index contributed by atoms with van der Waals surface area (Å²) in [5.41, 5.74) is 1.30. The molecule has 1 saturated heterocycles. The average molecular weight is 210 g/mol. The van der Waals surface area contributed by atoms with Crippen molar-refractivity contribution in [2.45, 2.75) is 12.6 Å². The van der Waals surface area contributed by atoms with Gasteiger partial charge in [0, 0.05) is 32.5 Å². The summed E-state index contributed by atoms with van der Waals surface area (Å²) in [7, 11) is 2.03. The molecule has 0 spiro atoms. The summed E-state index contributed by atoms with van der Waals surface area (Å²) < 4.78 is 12.9. The van der Waals surface area contributed by atoms with Crippen molar-refractivity contribution in [1.82, 2.24) is 9.88 Å². The largest absolute Gasteiger partial charge is 0.376 e. The molecule has 0 amide bonds. The Morgan fingerprint density at radius 2 is 2.47 bits per heavy atom. The van der Waals surface area contributed by atoms with Gasteiger partial charge in [-0.15, -0.1) is 0 Å². The van der Waals surface area contributed by atoms with Crippen LogP contribution in [0.5, 0.6) is 0 Å². The van der Waals surface area contributed by atoms with E-state index in [1.807, 2.05) is 7.05 Å². The SMILES string of the molecule is Cn1ccc(CNCC2COCCO2)c1. The van der Waals surface area contributed by atoms with Crippen molar-refractivity contribution in [2.24, 2.45) is 7.05 Å². The summed E-state index contributed by atoms with van der Waals surface area (Å²) >= 11 is 0. The fraction of sp³-hybridized carbons (Fsp3) is 0.636. The van der Waals surface area contributed by atoms with Gasteiger partial charge < -0.3 is 19.4 Å². The van der Waals surface area contributed by atoms with Crippen LogP contribution in [-0.4, -0.2) is 37.0 Å². The van der Waals surface area contributed by atoms with E-state index >= 15 is 0 Å². The zero-order chi connectivity index (χ0) is 10.5. The summed E-state index contributed by atoms with van der Waals surface area (Å²) in [6.45, 7) is 3.91. The maximum absolute atomic E-state index is 5.53. The van der Waals surface area contributed by atoms with Crippen molar-refractivity contribution in [3.05, 3.63) is 24.0 Å². The highest BCUT2D eigenvalue weighted by molar-refractivity contribution is 5.09. The molecule has 2 rings (SSSR count). The second-order valence-corrected chi connectivity index (χ2v) is 3.88. The molecule has 84 valence electrons. The lowest BCUT2D eigenvalue weighted by Crippen LogP contribution is -2.37. The van der Waals surface area contributed by atoms with E-state index in [4.69, 9.17) is 9.47 Å². The lowest BCUT2D eigenvalue weighted by molar-refractivity contribution is -0.0864. The summed E-state index contributed by atoms with van der Waals surface area (Å²) in [5.74, 6) is 0. The van der Waals surface area contributed by atoms with Gasteiger partial charge in [-0.25, -0.2) is 0 Å². The van der Waals surface area contributed by atoms with Crippen LogP contribution < -0.4 is 5.32 Å². The lowest BCUT2D eigenvalue weighted by Gasteiger charge is -2.23. The first-order valence-electron chi connectivity index (χ1n) is 5.35. The minimum absolute atomic E-state index is 0.211. The summed E-state index contributed by atoms with van der Waals surface area (Å²) in [6.07, 6.45) is 4.38. The van der Waals surface area contributed by atoms with Gasteiger partial charge in [0.05, 0.1) is 25.9 Å². The van der Waals surface area contributed by atoms with E-state index in [1.165, 1.54) is 5.56 Å². The molecule has 0 aliphatic carbocycles. The highest BCUT2D eigenvalue weighted by Gasteiger charge is 2.13. The monoisotopic (exact) mass is 210 g/mol. The maximum Gasteiger partial charge on any atom is 0.0933 e. The van der Waals surface area contributed by atoms with Crippen molar-refractivity contribution >= 4 is 0 Å².